The lowest BCUT2D eigenvalue weighted by atomic mass is 10.1. The number of hydrogen-bond acceptors (Lipinski definition) is 8. The Kier molecular flexibility index (Phi) is 7.55. The number of hydrogen-bond donors (Lipinski definition) is 2. The van der Waals surface area contributed by atoms with Crippen molar-refractivity contribution in [2.75, 3.05) is 17.2 Å². The number of pyridine rings is 2. The lowest BCUT2D eigenvalue weighted by molar-refractivity contribution is -0.138. The van der Waals surface area contributed by atoms with E-state index in [1.165, 1.54) is 12.5 Å². The van der Waals surface area contributed by atoms with Gasteiger partial charge in [0.15, 0.2) is 17.2 Å². The predicted molar refractivity (Wildman–Crippen MR) is 132 cm³/mol. The molecule has 198 valence electrons. The molecule has 2 N–H and O–H groups in total. The zero-order valence-electron chi connectivity index (χ0n) is 20.6. The number of nitrogens with one attached hydrogen (secondary N) is 2. The molecule has 4 aromatic heterocycles. The first-order valence-corrected chi connectivity index (χ1v) is 11.6. The number of ether oxygens (including phenoxy) is 1. The summed E-state index contributed by atoms with van der Waals surface area (Å²) in [6, 6.07) is 1.55. The van der Waals surface area contributed by atoms with Gasteiger partial charge in [0.05, 0.1) is 47.9 Å². The SMILES string of the molecule is CCCCOc1ncc(-c2ncc(NC(=O)Nc3cnc(C(C)=O)c(C(F)(F)F)c3)c(C)n2)c2ccoc12. The number of alkyl halides is 3. The predicted octanol–water partition coefficient (Wildman–Crippen LogP) is 6.03. The third-order valence-corrected chi connectivity index (χ3v) is 5.45. The van der Waals surface area contributed by atoms with Crippen LogP contribution in [-0.4, -0.2) is 38.4 Å². The Morgan fingerprint density at radius 2 is 1.89 bits per heavy atom. The van der Waals surface area contributed by atoms with Crippen molar-refractivity contribution in [3.8, 4) is 17.3 Å². The minimum atomic E-state index is -4.82. The largest absolute Gasteiger partial charge is 0.475 e. The van der Waals surface area contributed by atoms with Gasteiger partial charge in [-0.15, -0.1) is 0 Å². The molecule has 0 aliphatic heterocycles. The second kappa shape index (κ2) is 10.8. The van der Waals surface area contributed by atoms with Gasteiger partial charge in [-0.1, -0.05) is 13.3 Å². The smallest absolute Gasteiger partial charge is 0.418 e. The van der Waals surface area contributed by atoms with Crippen molar-refractivity contribution in [3.05, 3.63) is 53.9 Å². The maximum absolute atomic E-state index is 13.3. The molecule has 4 aromatic rings. The number of amides is 2. The van der Waals surface area contributed by atoms with Crippen molar-refractivity contribution in [1.29, 1.82) is 0 Å². The van der Waals surface area contributed by atoms with Crippen LogP contribution in [-0.2, 0) is 6.18 Å². The number of unbranched alkanes of at least 4 members (excludes halogenated alkanes) is 1. The molecule has 0 radical (unpaired) electrons. The summed E-state index contributed by atoms with van der Waals surface area (Å²) in [6.45, 7) is 5.17. The molecule has 10 nitrogen and oxygen atoms in total. The molecule has 38 heavy (non-hydrogen) atoms. The number of nitrogens with zero attached hydrogens (tertiary/aromatic N) is 4. The molecular weight excluding hydrogens is 505 g/mol. The molecule has 0 atom stereocenters. The van der Waals surface area contributed by atoms with Crippen molar-refractivity contribution >= 4 is 34.2 Å². The van der Waals surface area contributed by atoms with Crippen LogP contribution in [0.25, 0.3) is 22.4 Å². The van der Waals surface area contributed by atoms with Gasteiger partial charge < -0.3 is 19.8 Å². The zero-order valence-corrected chi connectivity index (χ0v) is 20.6. The van der Waals surface area contributed by atoms with Crippen LogP contribution in [0.1, 0.15) is 48.4 Å². The quantitative estimate of drug-likeness (QED) is 0.209. The van der Waals surface area contributed by atoms with Gasteiger partial charge >= 0.3 is 12.2 Å². The Bertz CT molecular complexity index is 1500. The van der Waals surface area contributed by atoms with Gasteiger partial charge in [-0.3, -0.25) is 9.78 Å². The van der Waals surface area contributed by atoms with Crippen molar-refractivity contribution in [2.24, 2.45) is 0 Å². The van der Waals surface area contributed by atoms with E-state index in [1.807, 2.05) is 0 Å². The molecule has 0 saturated heterocycles. The Morgan fingerprint density at radius 1 is 1.11 bits per heavy atom. The second-order valence-corrected chi connectivity index (χ2v) is 8.29. The van der Waals surface area contributed by atoms with Crippen LogP contribution >= 0.6 is 0 Å². The first kappa shape index (κ1) is 26.5. The summed E-state index contributed by atoms with van der Waals surface area (Å²) in [5.41, 5.74) is -0.545. The Balaban J connectivity index is 1.52. The number of aryl methyl sites for hydroxylation is 1. The second-order valence-electron chi connectivity index (χ2n) is 8.29. The number of aromatic nitrogens is 4. The number of Topliss-reactive ketones (excluding diaryl/α,β-unsaturated/α-hetero) is 1. The number of carbonyl (C=O) groups excluding carboxylic acids is 2. The standard InChI is InChI=1S/C25H23F3N6O4/c1-4-5-7-38-23-21-16(6-8-37-21)17(11-31-23)22-30-12-19(13(2)32-22)34-24(36)33-15-9-18(25(26,27)28)20(14(3)35)29-10-15/h6,8-12H,4-5,7H2,1-3H3,(H2,33,34,36). The fourth-order valence-electron chi connectivity index (χ4n) is 3.57. The minimum absolute atomic E-state index is 0.228. The molecule has 0 spiro atoms. The molecule has 0 fully saturated rings. The van der Waals surface area contributed by atoms with E-state index < -0.39 is 29.2 Å². The summed E-state index contributed by atoms with van der Waals surface area (Å²) in [5, 5.41) is 5.47. The van der Waals surface area contributed by atoms with E-state index in [4.69, 9.17) is 9.15 Å². The summed E-state index contributed by atoms with van der Waals surface area (Å²) < 4.78 is 51.2. The van der Waals surface area contributed by atoms with E-state index in [-0.39, 0.29) is 11.4 Å². The van der Waals surface area contributed by atoms with Gasteiger partial charge in [0.25, 0.3) is 5.88 Å². The summed E-state index contributed by atoms with van der Waals surface area (Å²) >= 11 is 0. The molecule has 13 heteroatoms. The molecule has 0 aliphatic carbocycles. The summed E-state index contributed by atoms with van der Waals surface area (Å²) in [5.74, 6) is -0.151. The third-order valence-electron chi connectivity index (χ3n) is 5.45. The lowest BCUT2D eigenvalue weighted by Gasteiger charge is -2.14. The fraction of sp³-hybridized carbons (Fsp3) is 0.280. The number of rotatable bonds is 8. The monoisotopic (exact) mass is 528 g/mol. The van der Waals surface area contributed by atoms with Crippen LogP contribution in [0.2, 0.25) is 0 Å². The van der Waals surface area contributed by atoms with E-state index in [2.05, 4.69) is 37.5 Å². The zero-order chi connectivity index (χ0) is 27.4. The Hall–Kier alpha value is -4.55. The molecule has 0 bridgehead atoms. The van der Waals surface area contributed by atoms with Crippen molar-refractivity contribution in [1.82, 2.24) is 19.9 Å². The van der Waals surface area contributed by atoms with Gasteiger partial charge in [-0.05, 0) is 25.5 Å². The van der Waals surface area contributed by atoms with E-state index in [0.717, 1.165) is 26.0 Å². The molecule has 0 saturated carbocycles. The third kappa shape index (κ3) is 5.71. The van der Waals surface area contributed by atoms with Crippen LogP contribution < -0.4 is 15.4 Å². The highest BCUT2D eigenvalue weighted by atomic mass is 19.4. The fourth-order valence-corrected chi connectivity index (χ4v) is 3.57. The highest BCUT2D eigenvalue weighted by Crippen LogP contribution is 2.34. The van der Waals surface area contributed by atoms with Crippen LogP contribution in [0, 0.1) is 6.92 Å². The average molecular weight is 528 g/mol. The molecule has 4 heterocycles. The summed E-state index contributed by atoms with van der Waals surface area (Å²) in [6.07, 6.45) is 2.45. The number of carbonyl (C=O) groups is 2. The Morgan fingerprint density at radius 3 is 2.58 bits per heavy atom. The van der Waals surface area contributed by atoms with Crippen LogP contribution in [0.3, 0.4) is 0 Å². The van der Waals surface area contributed by atoms with Gasteiger partial charge in [0.1, 0.15) is 5.69 Å². The lowest BCUT2D eigenvalue weighted by Crippen LogP contribution is -2.22. The van der Waals surface area contributed by atoms with Crippen LogP contribution in [0.5, 0.6) is 5.88 Å². The first-order chi connectivity index (χ1) is 18.1. The number of anilines is 2. The topological polar surface area (TPSA) is 132 Å². The van der Waals surface area contributed by atoms with Gasteiger partial charge in [0, 0.05) is 24.1 Å². The Labute approximate surface area is 214 Å². The average Bonchev–Trinajstić information content (AvgIpc) is 3.35. The molecular formula is C25H23F3N6O4. The molecule has 0 unspecified atom stereocenters. The van der Waals surface area contributed by atoms with E-state index in [0.29, 0.717) is 46.6 Å². The van der Waals surface area contributed by atoms with E-state index >= 15 is 0 Å². The molecule has 2 amide bonds. The minimum Gasteiger partial charge on any atom is -0.475 e. The van der Waals surface area contributed by atoms with Crippen LogP contribution in [0.15, 0.2) is 41.4 Å². The highest BCUT2D eigenvalue weighted by molar-refractivity contribution is 6.01. The normalized spacial score (nSPS) is 11.4. The van der Waals surface area contributed by atoms with E-state index in [1.54, 1.807) is 19.2 Å². The molecule has 0 aliphatic rings. The van der Waals surface area contributed by atoms with Crippen molar-refractivity contribution < 1.29 is 31.9 Å². The van der Waals surface area contributed by atoms with Crippen molar-refractivity contribution in [2.45, 2.75) is 39.8 Å². The van der Waals surface area contributed by atoms with Gasteiger partial charge in [-0.2, -0.15) is 13.2 Å². The number of ketones is 1. The number of fused-ring (bicyclic) bond motifs is 1. The summed E-state index contributed by atoms with van der Waals surface area (Å²) in [4.78, 5) is 40.6. The maximum atomic E-state index is 13.3. The summed E-state index contributed by atoms with van der Waals surface area (Å²) in [7, 11) is 0. The molecule has 0 aromatic carbocycles. The first-order valence-electron chi connectivity index (χ1n) is 11.6. The highest BCUT2D eigenvalue weighted by Gasteiger charge is 2.36. The van der Waals surface area contributed by atoms with Crippen LogP contribution in [0.4, 0.5) is 29.3 Å². The maximum Gasteiger partial charge on any atom is 0.418 e. The van der Waals surface area contributed by atoms with Gasteiger partial charge in [-0.25, -0.2) is 19.7 Å². The van der Waals surface area contributed by atoms with E-state index in [9.17, 15) is 22.8 Å². The molecule has 4 rings (SSSR count). The number of halogens is 3. The van der Waals surface area contributed by atoms with Crippen molar-refractivity contribution in [3.63, 3.8) is 0 Å². The number of urea groups is 1. The van der Waals surface area contributed by atoms with Gasteiger partial charge in [0.2, 0.25) is 0 Å². The number of furan rings is 1.